The Morgan fingerprint density at radius 1 is 0.774 bits per heavy atom. The van der Waals surface area contributed by atoms with Crippen LogP contribution in [0.15, 0.2) is 66.7 Å². The molecule has 2 heterocycles. The third-order valence-electron chi connectivity index (χ3n) is 5.34. The van der Waals surface area contributed by atoms with Crippen molar-refractivity contribution in [1.82, 2.24) is 4.90 Å². The summed E-state index contributed by atoms with van der Waals surface area (Å²) in [6, 6.07) is 21.1. The molecule has 0 N–H and O–H groups in total. The van der Waals surface area contributed by atoms with Gasteiger partial charge in [-0.25, -0.2) is 0 Å². The molecule has 0 spiro atoms. The summed E-state index contributed by atoms with van der Waals surface area (Å²) in [6.07, 6.45) is 0.819. The highest BCUT2D eigenvalue weighted by molar-refractivity contribution is 5.95. The number of fused-ring (bicyclic) bond motifs is 2. The maximum atomic E-state index is 13.6. The molecule has 0 unspecified atom stereocenters. The zero-order valence-electron chi connectivity index (χ0n) is 17.1. The van der Waals surface area contributed by atoms with Gasteiger partial charge in [0.25, 0.3) is 5.91 Å². The SMILES string of the molecule is O=C(c1ccc2c(c1)OCCCO2)N(Cc1ccccc1)Cc1cccc2c1OCO2. The Hall–Kier alpha value is -3.67. The molecule has 0 aromatic heterocycles. The maximum absolute atomic E-state index is 13.6. The number of hydrogen-bond acceptors (Lipinski definition) is 5. The number of carbonyl (C=O) groups excluding carboxylic acids is 1. The van der Waals surface area contributed by atoms with Crippen molar-refractivity contribution in [2.75, 3.05) is 20.0 Å². The quantitative estimate of drug-likeness (QED) is 0.615. The Balaban J connectivity index is 1.46. The zero-order valence-corrected chi connectivity index (χ0v) is 17.1. The van der Waals surface area contributed by atoms with Gasteiger partial charge in [0, 0.05) is 24.1 Å². The molecule has 1 amide bonds. The predicted molar refractivity (Wildman–Crippen MR) is 115 cm³/mol. The second-order valence-corrected chi connectivity index (χ2v) is 7.51. The lowest BCUT2D eigenvalue weighted by Gasteiger charge is -2.24. The Labute approximate surface area is 180 Å². The molecule has 0 fully saturated rings. The summed E-state index contributed by atoms with van der Waals surface area (Å²) in [7, 11) is 0. The smallest absolute Gasteiger partial charge is 0.254 e. The number of hydrogen-bond donors (Lipinski definition) is 0. The molecule has 158 valence electrons. The van der Waals surface area contributed by atoms with Gasteiger partial charge in [0.05, 0.1) is 19.8 Å². The van der Waals surface area contributed by atoms with Crippen molar-refractivity contribution in [3.05, 3.63) is 83.4 Å². The monoisotopic (exact) mass is 417 g/mol. The number of ether oxygens (including phenoxy) is 4. The minimum Gasteiger partial charge on any atom is -0.490 e. The molecule has 0 aliphatic carbocycles. The average molecular weight is 417 g/mol. The first-order valence-electron chi connectivity index (χ1n) is 10.4. The molecule has 2 aliphatic rings. The second kappa shape index (κ2) is 8.60. The molecule has 2 aliphatic heterocycles. The van der Waals surface area contributed by atoms with E-state index in [4.69, 9.17) is 18.9 Å². The van der Waals surface area contributed by atoms with Gasteiger partial charge in [-0.3, -0.25) is 4.79 Å². The van der Waals surface area contributed by atoms with E-state index in [1.165, 1.54) is 0 Å². The molecule has 0 radical (unpaired) electrons. The van der Waals surface area contributed by atoms with Gasteiger partial charge in [-0.2, -0.15) is 0 Å². The van der Waals surface area contributed by atoms with E-state index in [1.807, 2.05) is 59.5 Å². The Morgan fingerprint density at radius 3 is 2.48 bits per heavy atom. The predicted octanol–water partition coefficient (Wildman–Crippen LogP) is 4.42. The van der Waals surface area contributed by atoms with Crippen LogP contribution in [0.4, 0.5) is 0 Å². The lowest BCUT2D eigenvalue weighted by molar-refractivity contribution is 0.0728. The van der Waals surface area contributed by atoms with E-state index in [9.17, 15) is 4.79 Å². The van der Waals surface area contributed by atoms with Gasteiger partial charge < -0.3 is 23.8 Å². The summed E-state index contributed by atoms with van der Waals surface area (Å²) in [4.78, 5) is 15.4. The van der Waals surface area contributed by atoms with Gasteiger partial charge in [-0.05, 0) is 29.8 Å². The molecule has 3 aromatic rings. The average Bonchev–Trinajstić information content (AvgIpc) is 3.17. The number of nitrogens with zero attached hydrogens (tertiary/aromatic N) is 1. The first-order chi connectivity index (χ1) is 15.3. The van der Waals surface area contributed by atoms with E-state index in [2.05, 4.69) is 0 Å². The largest absolute Gasteiger partial charge is 0.490 e. The Kier molecular flexibility index (Phi) is 5.35. The van der Waals surface area contributed by atoms with E-state index in [0.717, 1.165) is 17.5 Å². The molecule has 5 rings (SSSR count). The van der Waals surface area contributed by atoms with Crippen LogP contribution in [-0.2, 0) is 13.1 Å². The number of para-hydroxylation sites is 1. The summed E-state index contributed by atoms with van der Waals surface area (Å²) >= 11 is 0. The molecule has 0 saturated heterocycles. The normalized spacial score (nSPS) is 14.1. The highest BCUT2D eigenvalue weighted by Gasteiger charge is 2.24. The molecule has 0 atom stereocenters. The van der Waals surface area contributed by atoms with Crippen LogP contribution in [0.25, 0.3) is 0 Å². The van der Waals surface area contributed by atoms with Gasteiger partial charge in [0.2, 0.25) is 6.79 Å². The third-order valence-corrected chi connectivity index (χ3v) is 5.34. The van der Waals surface area contributed by atoms with E-state index < -0.39 is 0 Å². The topological polar surface area (TPSA) is 57.2 Å². The first kappa shape index (κ1) is 19.3. The highest BCUT2D eigenvalue weighted by Crippen LogP contribution is 2.36. The Bertz CT molecular complexity index is 1080. The number of rotatable bonds is 5. The maximum Gasteiger partial charge on any atom is 0.254 e. The van der Waals surface area contributed by atoms with Crippen LogP contribution in [0.2, 0.25) is 0 Å². The van der Waals surface area contributed by atoms with Crippen molar-refractivity contribution in [3.8, 4) is 23.0 Å². The lowest BCUT2D eigenvalue weighted by Crippen LogP contribution is -2.30. The molecular weight excluding hydrogens is 394 g/mol. The minimum atomic E-state index is -0.0870. The van der Waals surface area contributed by atoms with Crippen LogP contribution in [0.3, 0.4) is 0 Å². The van der Waals surface area contributed by atoms with E-state index in [-0.39, 0.29) is 12.7 Å². The third kappa shape index (κ3) is 4.14. The highest BCUT2D eigenvalue weighted by atomic mass is 16.7. The van der Waals surface area contributed by atoms with Crippen LogP contribution >= 0.6 is 0 Å². The lowest BCUT2D eigenvalue weighted by atomic mass is 10.1. The fourth-order valence-electron chi connectivity index (χ4n) is 3.80. The minimum absolute atomic E-state index is 0.0870. The van der Waals surface area contributed by atoms with Crippen LogP contribution in [-0.4, -0.2) is 30.8 Å². The summed E-state index contributed by atoms with van der Waals surface area (Å²) in [5.41, 5.74) is 2.52. The van der Waals surface area contributed by atoms with Gasteiger partial charge in [-0.1, -0.05) is 42.5 Å². The molecule has 6 nitrogen and oxygen atoms in total. The second-order valence-electron chi connectivity index (χ2n) is 7.51. The summed E-state index contributed by atoms with van der Waals surface area (Å²) < 4.78 is 22.6. The van der Waals surface area contributed by atoms with E-state index >= 15 is 0 Å². The number of carbonyl (C=O) groups is 1. The molecule has 6 heteroatoms. The van der Waals surface area contributed by atoms with Gasteiger partial charge in [-0.15, -0.1) is 0 Å². The van der Waals surface area contributed by atoms with Crippen LogP contribution < -0.4 is 18.9 Å². The van der Waals surface area contributed by atoms with Crippen molar-refractivity contribution < 1.29 is 23.7 Å². The van der Waals surface area contributed by atoms with Crippen LogP contribution in [0.5, 0.6) is 23.0 Å². The van der Waals surface area contributed by atoms with Crippen molar-refractivity contribution in [1.29, 1.82) is 0 Å². The van der Waals surface area contributed by atoms with Gasteiger partial charge >= 0.3 is 0 Å². The summed E-state index contributed by atoms with van der Waals surface area (Å²) in [5.74, 6) is 2.61. The number of amides is 1. The zero-order chi connectivity index (χ0) is 21.0. The molecule has 31 heavy (non-hydrogen) atoms. The Morgan fingerprint density at radius 2 is 1.61 bits per heavy atom. The van der Waals surface area contributed by atoms with Crippen LogP contribution in [0, 0.1) is 0 Å². The van der Waals surface area contributed by atoms with E-state index in [0.29, 0.717) is 54.9 Å². The van der Waals surface area contributed by atoms with Gasteiger partial charge in [0.15, 0.2) is 23.0 Å². The summed E-state index contributed by atoms with van der Waals surface area (Å²) in [5, 5.41) is 0. The molecular formula is C25H23NO5. The van der Waals surface area contributed by atoms with Crippen LogP contribution in [0.1, 0.15) is 27.9 Å². The first-order valence-corrected chi connectivity index (χ1v) is 10.4. The van der Waals surface area contributed by atoms with Crippen molar-refractivity contribution in [3.63, 3.8) is 0 Å². The van der Waals surface area contributed by atoms with E-state index in [1.54, 1.807) is 12.1 Å². The standard InChI is InChI=1S/C25H23NO5/c27-25(19-10-11-21-23(14-19)29-13-5-12-28-21)26(15-18-6-2-1-3-7-18)16-20-8-4-9-22-24(20)31-17-30-22/h1-4,6-11,14H,5,12-13,15-17H2. The fraction of sp³-hybridized carbons (Fsp3) is 0.240. The molecule has 0 saturated carbocycles. The van der Waals surface area contributed by atoms with Crippen molar-refractivity contribution >= 4 is 5.91 Å². The molecule has 3 aromatic carbocycles. The van der Waals surface area contributed by atoms with Crippen molar-refractivity contribution in [2.45, 2.75) is 19.5 Å². The van der Waals surface area contributed by atoms with Crippen molar-refractivity contribution in [2.24, 2.45) is 0 Å². The summed E-state index contributed by atoms with van der Waals surface area (Å²) in [6.45, 7) is 2.25. The van der Waals surface area contributed by atoms with Gasteiger partial charge in [0.1, 0.15) is 0 Å². The fourth-order valence-corrected chi connectivity index (χ4v) is 3.80. The number of benzene rings is 3. The molecule has 0 bridgehead atoms.